The zero-order valence-electron chi connectivity index (χ0n) is 15.8. The Balaban J connectivity index is 1.54. The van der Waals surface area contributed by atoms with Crippen LogP contribution >= 0.6 is 0 Å². The van der Waals surface area contributed by atoms with Gasteiger partial charge in [-0.05, 0) is 24.3 Å². The quantitative estimate of drug-likeness (QED) is 0.537. The number of morpholine rings is 1. The summed E-state index contributed by atoms with van der Waals surface area (Å²) in [4.78, 5) is 23.2. The molecule has 0 saturated carbocycles. The van der Waals surface area contributed by atoms with Crippen molar-refractivity contribution in [3.8, 4) is 11.4 Å². The topological polar surface area (TPSA) is 125 Å². The van der Waals surface area contributed by atoms with Crippen LogP contribution in [0.1, 0.15) is 6.42 Å². The lowest BCUT2D eigenvalue weighted by atomic mass is 10.2. The van der Waals surface area contributed by atoms with Crippen molar-refractivity contribution in [2.75, 3.05) is 49.7 Å². The Bertz CT molecular complexity index is 968. The number of benzene rings is 1. The lowest BCUT2D eigenvalue weighted by Crippen LogP contribution is -2.37. The summed E-state index contributed by atoms with van der Waals surface area (Å²) in [5, 5.41) is 19.3. The fourth-order valence-corrected chi connectivity index (χ4v) is 3.05. The molecule has 4 rings (SSSR count). The number of fused-ring (bicyclic) bond motifs is 1. The second-order valence-corrected chi connectivity index (χ2v) is 6.52. The first kappa shape index (κ1) is 19.1. The number of hydrogen-bond donors (Lipinski definition) is 3. The number of nitrogens with one attached hydrogen (secondary N) is 2. The maximum atomic E-state index is 11.7. The largest absolute Gasteiger partial charge is 0.449 e. The number of anilines is 2. The first-order valence-corrected chi connectivity index (χ1v) is 9.43. The number of H-pyrrole nitrogens is 1. The predicted octanol–water partition coefficient (Wildman–Crippen LogP) is 1.79. The van der Waals surface area contributed by atoms with Crippen LogP contribution in [-0.4, -0.2) is 70.9 Å². The van der Waals surface area contributed by atoms with Crippen LogP contribution in [0, 0.1) is 0 Å². The maximum Gasteiger partial charge on any atom is 0.411 e. The highest BCUT2D eigenvalue weighted by Crippen LogP contribution is 2.27. The smallest absolute Gasteiger partial charge is 0.411 e. The van der Waals surface area contributed by atoms with Crippen molar-refractivity contribution in [3.05, 3.63) is 30.5 Å². The van der Waals surface area contributed by atoms with Crippen LogP contribution in [0.2, 0.25) is 0 Å². The van der Waals surface area contributed by atoms with E-state index in [1.165, 1.54) is 0 Å². The molecule has 1 fully saturated rings. The number of aromatic amines is 1. The minimum Gasteiger partial charge on any atom is -0.449 e. The molecule has 1 aliphatic rings. The molecule has 152 valence electrons. The monoisotopic (exact) mass is 398 g/mol. The number of carbonyl (C=O) groups excluding carboxylic acids is 1. The second-order valence-electron chi connectivity index (χ2n) is 6.52. The molecule has 1 aliphatic heterocycles. The van der Waals surface area contributed by atoms with Gasteiger partial charge in [0.2, 0.25) is 0 Å². The molecular weight excluding hydrogens is 376 g/mol. The van der Waals surface area contributed by atoms with Gasteiger partial charge in [0.15, 0.2) is 11.5 Å². The zero-order valence-corrected chi connectivity index (χ0v) is 15.8. The van der Waals surface area contributed by atoms with Gasteiger partial charge in [0.25, 0.3) is 0 Å². The summed E-state index contributed by atoms with van der Waals surface area (Å²) in [6.07, 6.45) is 1.58. The van der Waals surface area contributed by atoms with Gasteiger partial charge in [-0.1, -0.05) is 0 Å². The highest BCUT2D eigenvalue weighted by Gasteiger charge is 2.19. The average molecular weight is 398 g/mol. The van der Waals surface area contributed by atoms with E-state index in [1.807, 2.05) is 12.1 Å². The molecule has 10 nitrogen and oxygen atoms in total. The van der Waals surface area contributed by atoms with Gasteiger partial charge in [0.1, 0.15) is 5.82 Å². The minimum atomic E-state index is -0.559. The van der Waals surface area contributed by atoms with Crippen molar-refractivity contribution in [2.45, 2.75) is 6.42 Å². The highest BCUT2D eigenvalue weighted by molar-refractivity contribution is 5.88. The number of hydrogen-bond acceptors (Lipinski definition) is 8. The molecule has 0 radical (unpaired) electrons. The molecule has 2 aromatic heterocycles. The lowest BCUT2D eigenvalue weighted by molar-refractivity contribution is 0.122. The van der Waals surface area contributed by atoms with Gasteiger partial charge in [-0.15, -0.1) is 0 Å². The SMILES string of the molecule is O=C(Nc1ccc(-c2nc(N3CCOCC3)c3cn[nH]c3n2)cc1)OCCCO. The third kappa shape index (κ3) is 4.44. The summed E-state index contributed by atoms with van der Waals surface area (Å²) >= 11 is 0. The summed E-state index contributed by atoms with van der Waals surface area (Å²) in [5.74, 6) is 1.40. The number of aromatic nitrogens is 4. The molecular formula is C19H22N6O4. The average Bonchev–Trinajstić information content (AvgIpc) is 3.23. The Labute approximate surface area is 166 Å². The number of rotatable bonds is 6. The Morgan fingerprint density at radius 1 is 1.24 bits per heavy atom. The summed E-state index contributed by atoms with van der Waals surface area (Å²) in [7, 11) is 0. The molecule has 0 unspecified atom stereocenters. The molecule has 1 amide bonds. The van der Waals surface area contributed by atoms with Gasteiger partial charge in [0.05, 0.1) is 31.4 Å². The standard InChI is InChI=1S/C19H22N6O4/c26-8-1-9-29-19(27)21-14-4-2-13(3-5-14)16-22-17-15(12-20-24-17)18(23-16)25-6-10-28-11-7-25/h2-5,12,26H,1,6-11H2,(H,21,27)(H,20,22,23,24). The van der Waals surface area contributed by atoms with Crippen molar-refractivity contribution in [1.82, 2.24) is 20.2 Å². The van der Waals surface area contributed by atoms with Gasteiger partial charge in [-0.25, -0.2) is 14.8 Å². The fraction of sp³-hybridized carbons (Fsp3) is 0.368. The van der Waals surface area contributed by atoms with Crippen LogP contribution in [-0.2, 0) is 9.47 Å². The second kappa shape index (κ2) is 8.84. The molecule has 1 saturated heterocycles. The van der Waals surface area contributed by atoms with E-state index in [0.717, 1.165) is 29.9 Å². The fourth-order valence-electron chi connectivity index (χ4n) is 3.05. The first-order chi connectivity index (χ1) is 14.2. The van der Waals surface area contributed by atoms with Crippen LogP contribution in [0.4, 0.5) is 16.3 Å². The summed E-state index contributed by atoms with van der Waals surface area (Å²) in [6.45, 7) is 2.99. The third-order valence-corrected chi connectivity index (χ3v) is 4.53. The lowest BCUT2D eigenvalue weighted by Gasteiger charge is -2.28. The van der Waals surface area contributed by atoms with E-state index in [1.54, 1.807) is 18.3 Å². The van der Waals surface area contributed by atoms with E-state index in [9.17, 15) is 4.79 Å². The van der Waals surface area contributed by atoms with Crippen LogP contribution in [0.5, 0.6) is 0 Å². The molecule has 10 heteroatoms. The third-order valence-electron chi connectivity index (χ3n) is 4.53. The number of amides is 1. The van der Waals surface area contributed by atoms with E-state index in [0.29, 0.717) is 36.8 Å². The molecule has 0 atom stereocenters. The molecule has 0 spiro atoms. The van der Waals surface area contributed by atoms with E-state index in [2.05, 4.69) is 25.4 Å². The van der Waals surface area contributed by atoms with Crippen molar-refractivity contribution in [2.24, 2.45) is 0 Å². The summed E-state index contributed by atoms with van der Waals surface area (Å²) in [6, 6.07) is 7.20. The zero-order chi connectivity index (χ0) is 20.1. The molecule has 0 bridgehead atoms. The van der Waals surface area contributed by atoms with Crippen LogP contribution in [0.3, 0.4) is 0 Å². The van der Waals surface area contributed by atoms with Crippen LogP contribution in [0.15, 0.2) is 30.5 Å². The molecule has 29 heavy (non-hydrogen) atoms. The molecule has 3 aromatic rings. The number of nitrogens with zero attached hydrogens (tertiary/aromatic N) is 4. The Morgan fingerprint density at radius 2 is 2.03 bits per heavy atom. The molecule has 3 N–H and O–H groups in total. The van der Waals surface area contributed by atoms with Crippen molar-refractivity contribution < 1.29 is 19.4 Å². The minimum absolute atomic E-state index is 0.0188. The normalized spacial score (nSPS) is 14.2. The van der Waals surface area contributed by atoms with Crippen molar-refractivity contribution in [3.63, 3.8) is 0 Å². The van der Waals surface area contributed by atoms with Crippen LogP contribution in [0.25, 0.3) is 22.4 Å². The maximum absolute atomic E-state index is 11.7. The number of ether oxygens (including phenoxy) is 2. The Kier molecular flexibility index (Phi) is 5.82. The van der Waals surface area contributed by atoms with Gasteiger partial charge in [-0.3, -0.25) is 10.4 Å². The van der Waals surface area contributed by atoms with Crippen molar-refractivity contribution in [1.29, 1.82) is 0 Å². The number of aliphatic hydroxyl groups is 1. The van der Waals surface area contributed by atoms with E-state index in [-0.39, 0.29) is 13.2 Å². The molecule has 1 aromatic carbocycles. The number of carbonyl (C=O) groups is 1. The Morgan fingerprint density at radius 3 is 2.79 bits per heavy atom. The summed E-state index contributed by atoms with van der Waals surface area (Å²) < 4.78 is 10.4. The highest BCUT2D eigenvalue weighted by atomic mass is 16.5. The van der Waals surface area contributed by atoms with Gasteiger partial charge in [0, 0.05) is 37.4 Å². The van der Waals surface area contributed by atoms with Crippen molar-refractivity contribution >= 4 is 28.6 Å². The Hall–Kier alpha value is -3.24. The predicted molar refractivity (Wildman–Crippen MR) is 107 cm³/mol. The molecule has 3 heterocycles. The number of aliphatic hydroxyl groups excluding tert-OH is 1. The first-order valence-electron chi connectivity index (χ1n) is 9.43. The van der Waals surface area contributed by atoms with E-state index >= 15 is 0 Å². The summed E-state index contributed by atoms with van der Waals surface area (Å²) in [5.41, 5.74) is 2.08. The van der Waals surface area contributed by atoms with Gasteiger partial charge < -0.3 is 19.5 Å². The van der Waals surface area contributed by atoms with Gasteiger partial charge >= 0.3 is 6.09 Å². The van der Waals surface area contributed by atoms with E-state index in [4.69, 9.17) is 19.6 Å². The van der Waals surface area contributed by atoms with E-state index < -0.39 is 6.09 Å². The van der Waals surface area contributed by atoms with Gasteiger partial charge in [-0.2, -0.15) is 5.10 Å². The van der Waals surface area contributed by atoms with Crippen LogP contribution < -0.4 is 10.2 Å². The molecule has 0 aliphatic carbocycles.